The van der Waals surface area contributed by atoms with Crippen LogP contribution in [0.25, 0.3) is 10.9 Å². The van der Waals surface area contributed by atoms with E-state index < -0.39 is 17.6 Å². The summed E-state index contributed by atoms with van der Waals surface area (Å²) in [5.74, 6) is -0.703. The highest BCUT2D eigenvalue weighted by Crippen LogP contribution is 2.32. The number of nitrogens with one attached hydrogen (secondary N) is 3. The van der Waals surface area contributed by atoms with Gasteiger partial charge in [0.2, 0.25) is 5.91 Å². The monoisotopic (exact) mass is 379 g/mol. The Bertz CT molecular complexity index is 1060. The maximum Gasteiger partial charge on any atom is 0.271 e. The van der Waals surface area contributed by atoms with Gasteiger partial charge in [0.1, 0.15) is 5.82 Å². The maximum absolute atomic E-state index is 13.7. The molecule has 144 valence electrons. The van der Waals surface area contributed by atoms with Gasteiger partial charge in [0.25, 0.3) is 5.91 Å². The molecule has 0 aliphatic heterocycles. The van der Waals surface area contributed by atoms with E-state index in [1.807, 2.05) is 12.1 Å². The lowest BCUT2D eigenvalue weighted by Crippen LogP contribution is -2.42. The van der Waals surface area contributed by atoms with Crippen LogP contribution in [0.5, 0.6) is 0 Å². The molecule has 0 bridgehead atoms. The molecule has 0 radical (unpaired) electrons. The molecule has 28 heavy (non-hydrogen) atoms. The molecule has 6 heteroatoms. The molecule has 1 unspecified atom stereocenters. The molecule has 2 amide bonds. The summed E-state index contributed by atoms with van der Waals surface area (Å²) in [5.41, 5.74) is 8.84. The molecule has 0 fully saturated rings. The number of carbonyl (C=O) groups excluding carboxylic acids is 2. The summed E-state index contributed by atoms with van der Waals surface area (Å²) in [6.45, 7) is 2.24. The smallest absolute Gasteiger partial charge is 0.271 e. The van der Waals surface area contributed by atoms with Crippen molar-refractivity contribution in [3.8, 4) is 0 Å². The number of aromatic nitrogens is 1. The number of para-hydroxylation sites is 1. The first-order valence-electron chi connectivity index (χ1n) is 9.48. The Morgan fingerprint density at radius 3 is 2.79 bits per heavy atom. The van der Waals surface area contributed by atoms with E-state index in [2.05, 4.69) is 22.8 Å². The highest BCUT2D eigenvalue weighted by Gasteiger charge is 2.22. The number of hydrogen-bond acceptors (Lipinski definition) is 2. The average molecular weight is 379 g/mol. The number of amides is 2. The van der Waals surface area contributed by atoms with Gasteiger partial charge >= 0.3 is 0 Å². The number of halogens is 1. The summed E-state index contributed by atoms with van der Waals surface area (Å²) in [4.78, 5) is 28.1. The van der Waals surface area contributed by atoms with Crippen LogP contribution in [0.15, 0.2) is 42.5 Å². The van der Waals surface area contributed by atoms with Gasteiger partial charge in [-0.15, -0.1) is 0 Å². The highest BCUT2D eigenvalue weighted by atomic mass is 19.1. The third-order valence-electron chi connectivity index (χ3n) is 5.34. The van der Waals surface area contributed by atoms with Crippen molar-refractivity contribution in [3.63, 3.8) is 0 Å². The lowest BCUT2D eigenvalue weighted by atomic mass is 9.87. The Morgan fingerprint density at radius 1 is 1.14 bits per heavy atom. The molecule has 3 aromatic rings. The normalized spacial score (nSPS) is 15.9. The quantitative estimate of drug-likeness (QED) is 0.610. The van der Waals surface area contributed by atoms with Gasteiger partial charge in [0.05, 0.1) is 17.5 Å². The van der Waals surface area contributed by atoms with Crippen molar-refractivity contribution in [2.75, 3.05) is 0 Å². The number of fused-ring (bicyclic) bond motifs is 3. The Labute approximate surface area is 162 Å². The van der Waals surface area contributed by atoms with Crippen molar-refractivity contribution in [2.24, 2.45) is 5.92 Å². The number of carbonyl (C=O) groups is 2. The minimum atomic E-state index is -0.481. The van der Waals surface area contributed by atoms with Crippen molar-refractivity contribution < 1.29 is 14.0 Å². The molecule has 4 rings (SSSR count). The lowest BCUT2D eigenvalue weighted by molar-refractivity contribution is -0.121. The van der Waals surface area contributed by atoms with E-state index in [0.717, 1.165) is 30.2 Å². The van der Waals surface area contributed by atoms with Crippen LogP contribution in [0, 0.1) is 11.7 Å². The fourth-order valence-corrected chi connectivity index (χ4v) is 3.86. The molecule has 0 saturated carbocycles. The molecule has 0 spiro atoms. The second kappa shape index (κ2) is 7.46. The molecule has 2 aromatic carbocycles. The summed E-state index contributed by atoms with van der Waals surface area (Å²) >= 11 is 0. The van der Waals surface area contributed by atoms with Crippen LogP contribution in [-0.2, 0) is 24.1 Å². The Kier molecular flexibility index (Phi) is 4.86. The second-order valence-corrected chi connectivity index (χ2v) is 7.43. The topological polar surface area (TPSA) is 74.0 Å². The molecule has 1 atom stereocenters. The van der Waals surface area contributed by atoms with Gasteiger partial charge in [-0.2, -0.15) is 0 Å². The summed E-state index contributed by atoms with van der Waals surface area (Å²) < 4.78 is 13.7. The summed E-state index contributed by atoms with van der Waals surface area (Å²) in [5, 5.41) is 1.06. The Morgan fingerprint density at radius 2 is 1.96 bits per heavy atom. The van der Waals surface area contributed by atoms with Crippen LogP contribution in [0.4, 0.5) is 4.39 Å². The number of hydrogen-bond donors (Lipinski definition) is 3. The van der Waals surface area contributed by atoms with E-state index >= 15 is 0 Å². The van der Waals surface area contributed by atoms with Gasteiger partial charge in [-0.3, -0.25) is 20.4 Å². The van der Waals surface area contributed by atoms with Gasteiger partial charge < -0.3 is 4.98 Å². The third kappa shape index (κ3) is 3.50. The molecule has 1 heterocycles. The van der Waals surface area contributed by atoms with Crippen LogP contribution in [0.3, 0.4) is 0 Å². The predicted molar refractivity (Wildman–Crippen MR) is 105 cm³/mol. The molecule has 5 nitrogen and oxygen atoms in total. The fourth-order valence-electron chi connectivity index (χ4n) is 3.86. The molecule has 3 N–H and O–H groups in total. The van der Waals surface area contributed by atoms with E-state index in [-0.39, 0.29) is 12.0 Å². The predicted octanol–water partition coefficient (Wildman–Crippen LogP) is 3.44. The van der Waals surface area contributed by atoms with Gasteiger partial charge in [0, 0.05) is 11.1 Å². The zero-order valence-corrected chi connectivity index (χ0v) is 15.6. The van der Waals surface area contributed by atoms with E-state index in [0.29, 0.717) is 11.5 Å². The van der Waals surface area contributed by atoms with E-state index in [4.69, 9.17) is 0 Å². The highest BCUT2D eigenvalue weighted by molar-refractivity contribution is 6.07. The van der Waals surface area contributed by atoms with Crippen LogP contribution in [0.2, 0.25) is 0 Å². The van der Waals surface area contributed by atoms with Crippen molar-refractivity contribution in [1.29, 1.82) is 0 Å². The number of rotatable bonds is 3. The summed E-state index contributed by atoms with van der Waals surface area (Å²) in [6.07, 6.45) is 2.96. The molecule has 0 saturated heterocycles. The number of benzene rings is 2. The zero-order chi connectivity index (χ0) is 19.7. The largest absolute Gasteiger partial charge is 0.358 e. The van der Waals surface area contributed by atoms with Crippen LogP contribution in [0.1, 0.15) is 40.5 Å². The van der Waals surface area contributed by atoms with Crippen molar-refractivity contribution in [3.05, 3.63) is 70.7 Å². The van der Waals surface area contributed by atoms with E-state index in [1.54, 1.807) is 24.3 Å². The number of hydrazine groups is 1. The first kappa shape index (κ1) is 18.2. The van der Waals surface area contributed by atoms with Gasteiger partial charge in [-0.1, -0.05) is 37.3 Å². The first-order valence-corrected chi connectivity index (χ1v) is 9.48. The van der Waals surface area contributed by atoms with Crippen molar-refractivity contribution in [1.82, 2.24) is 15.8 Å². The van der Waals surface area contributed by atoms with Crippen LogP contribution >= 0.6 is 0 Å². The number of aromatic amines is 1. The van der Waals surface area contributed by atoms with Gasteiger partial charge in [-0.25, -0.2) is 4.39 Å². The van der Waals surface area contributed by atoms with Crippen LogP contribution in [-0.4, -0.2) is 16.8 Å². The van der Waals surface area contributed by atoms with Crippen molar-refractivity contribution >= 4 is 22.7 Å². The van der Waals surface area contributed by atoms with E-state index in [1.165, 1.54) is 17.3 Å². The third-order valence-corrected chi connectivity index (χ3v) is 5.34. The lowest BCUT2D eigenvalue weighted by Gasteiger charge is -2.17. The molecule has 1 aromatic heterocycles. The average Bonchev–Trinajstić information content (AvgIpc) is 3.06. The van der Waals surface area contributed by atoms with Gasteiger partial charge in [-0.05, 0) is 48.4 Å². The maximum atomic E-state index is 13.7. The standard InChI is InChI=1S/C22H22FN3O2/c1-13-9-10-19-17(11-13)15-6-4-7-16(21(15)24-19)22(28)26-25-20(27)12-14-5-2-3-8-18(14)23/h2-8,13,24H,9-12H2,1H3,(H,25,27)(H,26,28). The number of aryl methyl sites for hydroxylation is 1. The van der Waals surface area contributed by atoms with Gasteiger partial charge in [0.15, 0.2) is 0 Å². The number of H-pyrrole nitrogens is 1. The Balaban J connectivity index is 1.49. The summed E-state index contributed by atoms with van der Waals surface area (Å²) in [7, 11) is 0. The Hall–Kier alpha value is -3.15. The molecular weight excluding hydrogens is 357 g/mol. The minimum absolute atomic E-state index is 0.147. The van der Waals surface area contributed by atoms with E-state index in [9.17, 15) is 14.0 Å². The van der Waals surface area contributed by atoms with Crippen LogP contribution < -0.4 is 10.9 Å². The molecule has 1 aliphatic carbocycles. The first-order chi connectivity index (χ1) is 13.5. The zero-order valence-electron chi connectivity index (χ0n) is 15.6. The fraction of sp³-hybridized carbons (Fsp3) is 0.273. The molecular formula is C22H22FN3O2. The summed E-state index contributed by atoms with van der Waals surface area (Å²) in [6, 6.07) is 11.7. The second-order valence-electron chi connectivity index (χ2n) is 7.43. The minimum Gasteiger partial charge on any atom is -0.358 e. The molecule has 1 aliphatic rings. The van der Waals surface area contributed by atoms with Crippen molar-refractivity contribution in [2.45, 2.75) is 32.6 Å². The SMILES string of the molecule is CC1CCc2[nH]c3c(C(=O)NNC(=O)Cc4ccccc4F)cccc3c2C1.